The summed E-state index contributed by atoms with van der Waals surface area (Å²) in [5, 5.41) is 4.65. The molecule has 0 amide bonds. The van der Waals surface area contributed by atoms with Gasteiger partial charge < -0.3 is 5.32 Å². The van der Waals surface area contributed by atoms with E-state index in [1.165, 1.54) is 0 Å². The first kappa shape index (κ1) is 13.6. The van der Waals surface area contributed by atoms with Crippen molar-refractivity contribution in [3.8, 4) is 0 Å². The van der Waals surface area contributed by atoms with Crippen LogP contribution >= 0.6 is 0 Å². The number of nitrogens with one attached hydrogen (secondary N) is 1. The van der Waals surface area contributed by atoms with Crippen molar-refractivity contribution in [3.63, 3.8) is 0 Å². The number of nitrogens with zero attached hydrogens (tertiary/aromatic N) is 3. The van der Waals surface area contributed by atoms with Gasteiger partial charge in [-0.2, -0.15) is 0 Å². The minimum atomic E-state index is 0.0234. The first-order valence-electron chi connectivity index (χ1n) is 7.16. The number of pyridine rings is 1. The average molecular weight is 278 g/mol. The largest absolute Gasteiger partial charge is 0.305 e. The normalized spacial score (nSPS) is 12.5. The summed E-state index contributed by atoms with van der Waals surface area (Å²) in [7, 11) is 0. The SMILES string of the molecule is CCNC(c1ccnc(C)n1)c1cccc2cccnc12. The quantitative estimate of drug-likeness (QED) is 0.797. The molecule has 0 spiro atoms. The van der Waals surface area contributed by atoms with Crippen LogP contribution in [0.5, 0.6) is 0 Å². The Morgan fingerprint density at radius 2 is 1.90 bits per heavy atom. The molecule has 0 fully saturated rings. The van der Waals surface area contributed by atoms with Gasteiger partial charge in [0.1, 0.15) is 5.82 Å². The molecule has 1 aromatic carbocycles. The minimum Gasteiger partial charge on any atom is -0.305 e. The van der Waals surface area contributed by atoms with Gasteiger partial charge in [-0.05, 0) is 25.6 Å². The van der Waals surface area contributed by atoms with Crippen molar-refractivity contribution >= 4 is 10.9 Å². The highest BCUT2D eigenvalue weighted by molar-refractivity contribution is 5.82. The molecule has 0 saturated carbocycles. The fourth-order valence-corrected chi connectivity index (χ4v) is 2.57. The third-order valence-electron chi connectivity index (χ3n) is 3.48. The Labute approximate surface area is 124 Å². The Hall–Kier alpha value is -2.33. The topological polar surface area (TPSA) is 50.7 Å². The molecule has 2 aromatic heterocycles. The second kappa shape index (κ2) is 5.97. The zero-order chi connectivity index (χ0) is 14.7. The van der Waals surface area contributed by atoms with Crippen molar-refractivity contribution in [2.45, 2.75) is 19.9 Å². The third-order valence-corrected chi connectivity index (χ3v) is 3.48. The Bertz CT molecular complexity index is 749. The van der Waals surface area contributed by atoms with Crippen molar-refractivity contribution in [2.75, 3.05) is 6.54 Å². The molecule has 1 N–H and O–H groups in total. The predicted molar refractivity (Wildman–Crippen MR) is 84.0 cm³/mol. The van der Waals surface area contributed by atoms with Crippen LogP contribution in [0.4, 0.5) is 0 Å². The molecule has 106 valence electrons. The number of benzene rings is 1. The highest BCUT2D eigenvalue weighted by atomic mass is 15.0. The molecule has 21 heavy (non-hydrogen) atoms. The Morgan fingerprint density at radius 3 is 2.71 bits per heavy atom. The molecule has 0 bridgehead atoms. The number of aromatic nitrogens is 3. The van der Waals surface area contributed by atoms with Crippen molar-refractivity contribution in [1.82, 2.24) is 20.3 Å². The second-order valence-corrected chi connectivity index (χ2v) is 4.94. The molecular formula is C17H18N4. The maximum atomic E-state index is 4.57. The van der Waals surface area contributed by atoms with Gasteiger partial charge in [-0.1, -0.05) is 31.2 Å². The van der Waals surface area contributed by atoms with Gasteiger partial charge in [0, 0.05) is 23.3 Å². The Kier molecular flexibility index (Phi) is 3.88. The summed E-state index contributed by atoms with van der Waals surface area (Å²) in [6.07, 6.45) is 3.64. The molecule has 0 saturated heterocycles. The van der Waals surface area contributed by atoms with E-state index in [4.69, 9.17) is 0 Å². The van der Waals surface area contributed by atoms with E-state index >= 15 is 0 Å². The molecule has 0 radical (unpaired) electrons. The van der Waals surface area contributed by atoms with Crippen LogP contribution in [-0.4, -0.2) is 21.5 Å². The molecule has 0 aliphatic rings. The van der Waals surface area contributed by atoms with Crippen molar-refractivity contribution in [2.24, 2.45) is 0 Å². The highest BCUT2D eigenvalue weighted by Gasteiger charge is 2.17. The molecule has 4 heteroatoms. The Morgan fingerprint density at radius 1 is 1.05 bits per heavy atom. The molecule has 1 unspecified atom stereocenters. The van der Waals surface area contributed by atoms with E-state index in [1.54, 1.807) is 6.20 Å². The third kappa shape index (κ3) is 2.76. The minimum absolute atomic E-state index is 0.0234. The van der Waals surface area contributed by atoms with E-state index in [0.29, 0.717) is 0 Å². The first-order valence-corrected chi connectivity index (χ1v) is 7.16. The maximum Gasteiger partial charge on any atom is 0.125 e. The lowest BCUT2D eigenvalue weighted by Gasteiger charge is -2.19. The van der Waals surface area contributed by atoms with Crippen LogP contribution in [0.25, 0.3) is 10.9 Å². The summed E-state index contributed by atoms with van der Waals surface area (Å²) in [6, 6.07) is 12.3. The van der Waals surface area contributed by atoms with Gasteiger partial charge in [0.15, 0.2) is 0 Å². The van der Waals surface area contributed by atoms with Gasteiger partial charge in [0.05, 0.1) is 17.3 Å². The van der Waals surface area contributed by atoms with Gasteiger partial charge in [0.25, 0.3) is 0 Å². The molecule has 3 aromatic rings. The zero-order valence-electron chi connectivity index (χ0n) is 12.2. The number of aryl methyl sites for hydroxylation is 1. The fraction of sp³-hybridized carbons (Fsp3) is 0.235. The zero-order valence-corrected chi connectivity index (χ0v) is 12.2. The van der Waals surface area contributed by atoms with E-state index in [9.17, 15) is 0 Å². The van der Waals surface area contributed by atoms with Crippen LogP contribution in [0, 0.1) is 6.92 Å². The smallest absolute Gasteiger partial charge is 0.125 e. The van der Waals surface area contributed by atoms with E-state index in [-0.39, 0.29) is 6.04 Å². The molecule has 4 nitrogen and oxygen atoms in total. The van der Waals surface area contributed by atoms with Gasteiger partial charge >= 0.3 is 0 Å². The maximum absolute atomic E-state index is 4.57. The van der Waals surface area contributed by atoms with E-state index < -0.39 is 0 Å². The van der Waals surface area contributed by atoms with Crippen LogP contribution in [0.1, 0.15) is 30.0 Å². The molecule has 2 heterocycles. The van der Waals surface area contributed by atoms with Crippen LogP contribution in [0.2, 0.25) is 0 Å². The van der Waals surface area contributed by atoms with Crippen molar-refractivity contribution < 1.29 is 0 Å². The molecule has 0 aliphatic heterocycles. The molecular weight excluding hydrogens is 260 g/mol. The lowest BCUT2D eigenvalue weighted by atomic mass is 10.00. The summed E-state index contributed by atoms with van der Waals surface area (Å²) in [5.74, 6) is 0.781. The lowest BCUT2D eigenvalue weighted by Crippen LogP contribution is -2.23. The van der Waals surface area contributed by atoms with E-state index in [1.807, 2.05) is 25.3 Å². The summed E-state index contributed by atoms with van der Waals surface area (Å²) >= 11 is 0. The highest BCUT2D eigenvalue weighted by Crippen LogP contribution is 2.26. The average Bonchev–Trinajstić information content (AvgIpc) is 2.52. The Balaban J connectivity index is 2.16. The standard InChI is InChI=1S/C17H18N4/c1-3-18-17(15-9-11-19-12(2)21-15)14-8-4-6-13-7-5-10-20-16(13)14/h4-11,17-18H,3H2,1-2H3. The number of rotatable bonds is 4. The molecule has 1 atom stereocenters. The summed E-state index contributed by atoms with van der Waals surface area (Å²) in [4.78, 5) is 13.3. The number of para-hydroxylation sites is 1. The second-order valence-electron chi connectivity index (χ2n) is 4.94. The predicted octanol–water partition coefficient (Wildman–Crippen LogP) is 3.03. The van der Waals surface area contributed by atoms with Gasteiger partial charge in [0.2, 0.25) is 0 Å². The van der Waals surface area contributed by atoms with Crippen LogP contribution in [-0.2, 0) is 0 Å². The number of hydrogen-bond donors (Lipinski definition) is 1. The van der Waals surface area contributed by atoms with E-state index in [0.717, 1.165) is 34.5 Å². The molecule has 0 aliphatic carbocycles. The summed E-state index contributed by atoms with van der Waals surface area (Å²) in [5.41, 5.74) is 3.14. The van der Waals surface area contributed by atoms with Crippen LogP contribution < -0.4 is 5.32 Å². The van der Waals surface area contributed by atoms with Crippen LogP contribution in [0.3, 0.4) is 0 Å². The number of fused-ring (bicyclic) bond motifs is 1. The van der Waals surface area contributed by atoms with Gasteiger partial charge in [-0.3, -0.25) is 4.98 Å². The van der Waals surface area contributed by atoms with Gasteiger partial charge in [-0.25, -0.2) is 9.97 Å². The fourth-order valence-electron chi connectivity index (χ4n) is 2.57. The number of hydrogen-bond acceptors (Lipinski definition) is 4. The summed E-state index contributed by atoms with van der Waals surface area (Å²) in [6.45, 7) is 4.87. The first-order chi connectivity index (χ1) is 10.3. The lowest BCUT2D eigenvalue weighted by molar-refractivity contribution is 0.614. The van der Waals surface area contributed by atoms with Crippen LogP contribution in [0.15, 0.2) is 48.8 Å². The monoisotopic (exact) mass is 278 g/mol. The van der Waals surface area contributed by atoms with Crippen molar-refractivity contribution in [1.29, 1.82) is 0 Å². The molecule has 3 rings (SSSR count). The summed E-state index contributed by atoms with van der Waals surface area (Å²) < 4.78 is 0. The van der Waals surface area contributed by atoms with Crippen molar-refractivity contribution in [3.05, 3.63) is 65.9 Å². The van der Waals surface area contributed by atoms with E-state index in [2.05, 4.69) is 51.5 Å². The van der Waals surface area contributed by atoms with Gasteiger partial charge in [-0.15, -0.1) is 0 Å².